The molecular formula is C20H15N5O2. The second kappa shape index (κ2) is 5.95. The Morgan fingerprint density at radius 3 is 3.07 bits per heavy atom. The molecule has 1 atom stereocenters. The van der Waals surface area contributed by atoms with Crippen molar-refractivity contribution in [1.29, 1.82) is 5.26 Å². The van der Waals surface area contributed by atoms with Crippen LogP contribution in [0.5, 0.6) is 5.75 Å². The number of nitriles is 1. The van der Waals surface area contributed by atoms with Crippen LogP contribution in [0, 0.1) is 18.3 Å². The van der Waals surface area contributed by atoms with Crippen LogP contribution in [0.2, 0.25) is 0 Å². The summed E-state index contributed by atoms with van der Waals surface area (Å²) in [6.07, 6.45) is 6.24. The van der Waals surface area contributed by atoms with Gasteiger partial charge in [0.2, 0.25) is 0 Å². The van der Waals surface area contributed by atoms with Crippen LogP contribution < -0.4 is 4.74 Å². The summed E-state index contributed by atoms with van der Waals surface area (Å²) in [7, 11) is 0. The lowest BCUT2D eigenvalue weighted by atomic mass is 10.0. The van der Waals surface area contributed by atoms with E-state index in [1.54, 1.807) is 12.4 Å². The van der Waals surface area contributed by atoms with E-state index >= 15 is 0 Å². The number of fused-ring (bicyclic) bond motifs is 2. The highest BCUT2D eigenvalue weighted by Crippen LogP contribution is 2.37. The second-order valence-electron chi connectivity index (χ2n) is 6.56. The zero-order chi connectivity index (χ0) is 18.4. The number of hydrogen-bond donors (Lipinski definition) is 1. The highest BCUT2D eigenvalue weighted by atomic mass is 16.5. The zero-order valence-corrected chi connectivity index (χ0v) is 14.6. The van der Waals surface area contributed by atoms with Crippen molar-refractivity contribution in [3.63, 3.8) is 0 Å². The molecule has 0 saturated heterocycles. The lowest BCUT2D eigenvalue weighted by Gasteiger charge is -2.15. The predicted octanol–water partition coefficient (Wildman–Crippen LogP) is 3.86. The number of nitrogens with one attached hydrogen (secondary N) is 1. The molecule has 0 spiro atoms. The Bertz CT molecular complexity index is 1190. The first-order chi connectivity index (χ1) is 13.2. The first-order valence-electron chi connectivity index (χ1n) is 8.66. The van der Waals surface area contributed by atoms with Gasteiger partial charge in [0.1, 0.15) is 23.6 Å². The molecule has 7 nitrogen and oxygen atoms in total. The maximum Gasteiger partial charge on any atom is 0.181 e. The van der Waals surface area contributed by atoms with E-state index in [1.165, 1.54) is 6.39 Å². The minimum Gasteiger partial charge on any atom is -0.484 e. The van der Waals surface area contributed by atoms with Crippen LogP contribution in [0.1, 0.15) is 34.9 Å². The monoisotopic (exact) mass is 357 g/mol. The van der Waals surface area contributed by atoms with Crippen LogP contribution in [-0.4, -0.2) is 20.2 Å². The molecule has 5 rings (SSSR count). The molecule has 0 radical (unpaired) electrons. The van der Waals surface area contributed by atoms with Gasteiger partial charge in [0, 0.05) is 11.6 Å². The van der Waals surface area contributed by atoms with Crippen molar-refractivity contribution >= 4 is 10.9 Å². The summed E-state index contributed by atoms with van der Waals surface area (Å²) in [4.78, 5) is 8.44. The van der Waals surface area contributed by atoms with E-state index in [9.17, 15) is 5.26 Å². The average molecular weight is 357 g/mol. The SMILES string of the molecule is Cc1c(C#N)cnc2c1CC[C@H]2Oc1ccc2[nH]nc(-c3cnco3)c2c1. The third kappa shape index (κ3) is 2.46. The Kier molecular flexibility index (Phi) is 3.44. The summed E-state index contributed by atoms with van der Waals surface area (Å²) in [6, 6.07) is 8.00. The number of hydrogen-bond acceptors (Lipinski definition) is 6. The van der Waals surface area contributed by atoms with E-state index in [-0.39, 0.29) is 6.10 Å². The van der Waals surface area contributed by atoms with E-state index < -0.39 is 0 Å². The van der Waals surface area contributed by atoms with Crippen molar-refractivity contribution in [3.05, 3.63) is 59.4 Å². The van der Waals surface area contributed by atoms with E-state index in [4.69, 9.17) is 9.15 Å². The van der Waals surface area contributed by atoms with Crippen molar-refractivity contribution in [3.8, 4) is 23.3 Å². The quantitative estimate of drug-likeness (QED) is 0.597. The van der Waals surface area contributed by atoms with Gasteiger partial charge >= 0.3 is 0 Å². The number of oxazole rings is 1. The Balaban J connectivity index is 1.49. The number of rotatable bonds is 3. The first-order valence-corrected chi connectivity index (χ1v) is 8.66. The van der Waals surface area contributed by atoms with E-state index in [2.05, 4.69) is 26.2 Å². The van der Waals surface area contributed by atoms with Gasteiger partial charge in [0.05, 0.1) is 23.0 Å². The van der Waals surface area contributed by atoms with Crippen LogP contribution in [-0.2, 0) is 6.42 Å². The van der Waals surface area contributed by atoms with Gasteiger partial charge < -0.3 is 9.15 Å². The highest BCUT2D eigenvalue weighted by molar-refractivity contribution is 5.92. The summed E-state index contributed by atoms with van der Waals surface area (Å²) < 4.78 is 11.6. The fourth-order valence-corrected chi connectivity index (χ4v) is 3.65. The summed E-state index contributed by atoms with van der Waals surface area (Å²) in [6.45, 7) is 1.97. The minimum atomic E-state index is -0.121. The Hall–Kier alpha value is -3.66. The summed E-state index contributed by atoms with van der Waals surface area (Å²) >= 11 is 0. The van der Waals surface area contributed by atoms with Gasteiger partial charge in [-0.15, -0.1) is 0 Å². The highest BCUT2D eigenvalue weighted by Gasteiger charge is 2.28. The van der Waals surface area contributed by atoms with Crippen LogP contribution in [0.15, 0.2) is 41.4 Å². The smallest absolute Gasteiger partial charge is 0.181 e. The molecule has 3 aromatic heterocycles. The normalized spacial score (nSPS) is 15.6. The van der Waals surface area contributed by atoms with Crippen molar-refractivity contribution in [1.82, 2.24) is 20.2 Å². The zero-order valence-electron chi connectivity index (χ0n) is 14.6. The van der Waals surface area contributed by atoms with Gasteiger partial charge in [-0.2, -0.15) is 10.4 Å². The summed E-state index contributed by atoms with van der Waals surface area (Å²) in [5, 5.41) is 17.4. The van der Waals surface area contributed by atoms with Crippen molar-refractivity contribution < 1.29 is 9.15 Å². The Morgan fingerprint density at radius 2 is 2.26 bits per heavy atom. The molecule has 7 heteroatoms. The lowest BCUT2D eigenvalue weighted by molar-refractivity contribution is 0.203. The maximum atomic E-state index is 9.19. The van der Waals surface area contributed by atoms with Crippen molar-refractivity contribution in [2.24, 2.45) is 0 Å². The molecule has 132 valence electrons. The number of H-pyrrole nitrogens is 1. The van der Waals surface area contributed by atoms with Gasteiger partial charge in [0.15, 0.2) is 12.2 Å². The van der Waals surface area contributed by atoms with Crippen LogP contribution in [0.25, 0.3) is 22.4 Å². The molecule has 1 N–H and O–H groups in total. The van der Waals surface area contributed by atoms with E-state index in [1.807, 2.05) is 25.1 Å². The van der Waals surface area contributed by atoms with Gasteiger partial charge in [-0.05, 0) is 49.1 Å². The third-order valence-electron chi connectivity index (χ3n) is 5.06. The molecule has 0 aliphatic heterocycles. The topological polar surface area (TPSA) is 101 Å². The molecule has 1 aliphatic carbocycles. The van der Waals surface area contributed by atoms with Gasteiger partial charge in [-0.1, -0.05) is 0 Å². The molecule has 1 aliphatic rings. The van der Waals surface area contributed by atoms with Gasteiger partial charge in [-0.25, -0.2) is 4.98 Å². The molecule has 4 aromatic rings. The Labute approximate surface area is 154 Å². The number of aromatic amines is 1. The fourth-order valence-electron chi connectivity index (χ4n) is 3.65. The third-order valence-corrected chi connectivity index (χ3v) is 5.06. The molecule has 0 saturated carbocycles. The predicted molar refractivity (Wildman–Crippen MR) is 97.0 cm³/mol. The van der Waals surface area contributed by atoms with Crippen molar-refractivity contribution in [2.45, 2.75) is 25.9 Å². The van der Waals surface area contributed by atoms with Crippen LogP contribution >= 0.6 is 0 Å². The lowest BCUT2D eigenvalue weighted by Crippen LogP contribution is -2.06. The molecule has 1 aromatic carbocycles. The summed E-state index contributed by atoms with van der Waals surface area (Å²) in [5.74, 6) is 1.34. The average Bonchev–Trinajstić information content (AvgIpc) is 3.41. The summed E-state index contributed by atoms with van der Waals surface area (Å²) in [5.41, 5.74) is 5.29. The molecule has 0 unspecified atom stereocenters. The molecular weight excluding hydrogens is 342 g/mol. The van der Waals surface area contributed by atoms with Crippen LogP contribution in [0.4, 0.5) is 0 Å². The molecule has 3 heterocycles. The first kappa shape index (κ1) is 15.6. The minimum absolute atomic E-state index is 0.121. The van der Waals surface area contributed by atoms with Crippen LogP contribution in [0.3, 0.4) is 0 Å². The molecule has 27 heavy (non-hydrogen) atoms. The maximum absolute atomic E-state index is 9.19. The standard InChI is InChI=1S/C20H15N5O2/c1-11-12(7-21)8-23-19-14(11)3-5-17(19)27-13-2-4-16-15(6-13)20(25-24-16)18-9-22-10-26-18/h2,4,6,8-10,17H,3,5H2,1H3,(H,24,25)/t17-/m1/s1. The van der Waals surface area contributed by atoms with E-state index in [0.717, 1.165) is 46.3 Å². The largest absolute Gasteiger partial charge is 0.484 e. The fraction of sp³-hybridized carbons (Fsp3) is 0.200. The molecule has 0 bridgehead atoms. The van der Waals surface area contributed by atoms with Crippen molar-refractivity contribution in [2.75, 3.05) is 0 Å². The van der Waals surface area contributed by atoms with Gasteiger partial charge in [0.25, 0.3) is 0 Å². The molecule has 0 amide bonds. The number of aromatic nitrogens is 4. The Morgan fingerprint density at radius 1 is 1.33 bits per heavy atom. The molecule has 0 fully saturated rings. The number of ether oxygens (including phenoxy) is 1. The number of nitrogens with zero attached hydrogens (tertiary/aromatic N) is 4. The number of pyridine rings is 1. The van der Waals surface area contributed by atoms with Gasteiger partial charge in [-0.3, -0.25) is 10.1 Å². The van der Waals surface area contributed by atoms with E-state index in [0.29, 0.717) is 17.0 Å². The second-order valence-corrected chi connectivity index (χ2v) is 6.56. The number of benzene rings is 1.